The third-order valence-corrected chi connectivity index (χ3v) is 3.25. The maximum absolute atomic E-state index is 12.4. The summed E-state index contributed by atoms with van der Waals surface area (Å²) in [5.74, 6) is 0.474. The van der Waals surface area contributed by atoms with Crippen molar-refractivity contribution < 1.29 is 4.79 Å². The second-order valence-corrected chi connectivity index (χ2v) is 4.98. The fraction of sp³-hybridized carbons (Fsp3) is 0.235. The van der Waals surface area contributed by atoms with Gasteiger partial charge in [0, 0.05) is 18.3 Å². The summed E-state index contributed by atoms with van der Waals surface area (Å²) in [6, 6.07) is 17.5. The summed E-state index contributed by atoms with van der Waals surface area (Å²) >= 11 is 0. The van der Waals surface area contributed by atoms with Crippen LogP contribution in [0.5, 0.6) is 0 Å². The smallest absolute Gasteiger partial charge is 0.258 e. The minimum atomic E-state index is 0.0153. The molecule has 2 heteroatoms. The molecule has 0 spiro atoms. The Morgan fingerprint density at radius 1 is 1.00 bits per heavy atom. The van der Waals surface area contributed by atoms with Crippen LogP contribution in [0.2, 0.25) is 0 Å². The van der Waals surface area contributed by atoms with Crippen LogP contribution in [0.3, 0.4) is 0 Å². The van der Waals surface area contributed by atoms with E-state index in [9.17, 15) is 4.79 Å². The van der Waals surface area contributed by atoms with E-state index >= 15 is 0 Å². The van der Waals surface area contributed by atoms with Gasteiger partial charge >= 0.3 is 0 Å². The van der Waals surface area contributed by atoms with Crippen molar-refractivity contribution in [3.63, 3.8) is 0 Å². The number of amides is 1. The summed E-state index contributed by atoms with van der Waals surface area (Å²) in [7, 11) is 1.81. The van der Waals surface area contributed by atoms with Crippen LogP contribution in [0.4, 0.5) is 5.69 Å². The lowest BCUT2D eigenvalue weighted by Gasteiger charge is -2.19. The highest BCUT2D eigenvalue weighted by molar-refractivity contribution is 6.05. The van der Waals surface area contributed by atoms with Crippen LogP contribution in [0, 0.1) is 0 Å². The van der Waals surface area contributed by atoms with Gasteiger partial charge < -0.3 is 4.90 Å². The molecule has 2 aromatic rings. The van der Waals surface area contributed by atoms with Crippen LogP contribution >= 0.6 is 0 Å². The summed E-state index contributed by atoms with van der Waals surface area (Å²) < 4.78 is 0. The highest BCUT2D eigenvalue weighted by atomic mass is 16.2. The standard InChI is InChI=1S/C17H19NO/c1-13(2)15-10-7-11-16(12-15)18(3)17(19)14-8-5-4-6-9-14/h4-13H,1-3H3. The number of anilines is 1. The van der Waals surface area contributed by atoms with Gasteiger partial charge in [-0.05, 0) is 35.7 Å². The Kier molecular flexibility index (Phi) is 4.00. The van der Waals surface area contributed by atoms with Gasteiger partial charge in [0.15, 0.2) is 0 Å². The molecule has 0 bridgehead atoms. The van der Waals surface area contributed by atoms with Crippen molar-refractivity contribution >= 4 is 11.6 Å². The van der Waals surface area contributed by atoms with Crippen LogP contribution in [-0.4, -0.2) is 13.0 Å². The molecule has 0 aliphatic heterocycles. The monoisotopic (exact) mass is 253 g/mol. The first-order chi connectivity index (χ1) is 9.09. The zero-order valence-electron chi connectivity index (χ0n) is 11.6. The van der Waals surface area contributed by atoms with Crippen LogP contribution in [-0.2, 0) is 0 Å². The summed E-state index contributed by atoms with van der Waals surface area (Å²) in [4.78, 5) is 14.0. The summed E-state index contributed by atoms with van der Waals surface area (Å²) in [6.45, 7) is 4.30. The Morgan fingerprint density at radius 2 is 1.68 bits per heavy atom. The molecule has 0 fully saturated rings. The van der Waals surface area contributed by atoms with Crippen LogP contribution in [0.25, 0.3) is 0 Å². The Bertz CT molecular complexity index is 560. The normalized spacial score (nSPS) is 10.5. The lowest BCUT2D eigenvalue weighted by molar-refractivity contribution is 0.0993. The van der Waals surface area contributed by atoms with Crippen LogP contribution in [0.1, 0.15) is 35.7 Å². The quantitative estimate of drug-likeness (QED) is 0.807. The van der Waals surface area contributed by atoms with Crippen molar-refractivity contribution in [1.82, 2.24) is 0 Å². The lowest BCUT2D eigenvalue weighted by Crippen LogP contribution is -2.26. The fourth-order valence-corrected chi connectivity index (χ4v) is 1.98. The van der Waals surface area contributed by atoms with Crippen molar-refractivity contribution in [1.29, 1.82) is 0 Å². The van der Waals surface area contributed by atoms with Gasteiger partial charge in [0.2, 0.25) is 0 Å². The van der Waals surface area contributed by atoms with E-state index < -0.39 is 0 Å². The number of nitrogens with zero attached hydrogens (tertiary/aromatic N) is 1. The fourth-order valence-electron chi connectivity index (χ4n) is 1.98. The van der Waals surface area contributed by atoms with E-state index in [0.717, 1.165) is 5.69 Å². The molecule has 19 heavy (non-hydrogen) atoms. The second kappa shape index (κ2) is 5.70. The lowest BCUT2D eigenvalue weighted by atomic mass is 10.0. The molecule has 2 aromatic carbocycles. The topological polar surface area (TPSA) is 20.3 Å². The highest BCUT2D eigenvalue weighted by Gasteiger charge is 2.13. The van der Waals surface area contributed by atoms with Crippen molar-refractivity contribution in [2.24, 2.45) is 0 Å². The predicted molar refractivity (Wildman–Crippen MR) is 79.7 cm³/mol. The van der Waals surface area contributed by atoms with Crippen molar-refractivity contribution in [2.45, 2.75) is 19.8 Å². The van der Waals surface area contributed by atoms with E-state index in [1.807, 2.05) is 49.5 Å². The predicted octanol–water partition coefficient (Wildman–Crippen LogP) is 4.09. The number of carbonyl (C=O) groups is 1. The number of hydrogen-bond acceptors (Lipinski definition) is 1. The van der Waals surface area contributed by atoms with Gasteiger partial charge in [-0.2, -0.15) is 0 Å². The molecule has 0 unspecified atom stereocenters. The highest BCUT2D eigenvalue weighted by Crippen LogP contribution is 2.22. The van der Waals surface area contributed by atoms with E-state index in [2.05, 4.69) is 26.0 Å². The molecular weight excluding hydrogens is 234 g/mol. The first kappa shape index (κ1) is 13.3. The third-order valence-electron chi connectivity index (χ3n) is 3.25. The van der Waals surface area contributed by atoms with Gasteiger partial charge in [0.05, 0.1) is 0 Å². The SMILES string of the molecule is CC(C)c1cccc(N(C)C(=O)c2ccccc2)c1. The average molecular weight is 253 g/mol. The Balaban J connectivity index is 2.27. The largest absolute Gasteiger partial charge is 0.311 e. The molecule has 0 aliphatic carbocycles. The molecule has 0 aromatic heterocycles. The second-order valence-electron chi connectivity index (χ2n) is 4.98. The molecule has 98 valence electrons. The summed E-state index contributed by atoms with van der Waals surface area (Å²) in [6.07, 6.45) is 0. The van der Waals surface area contributed by atoms with E-state index in [0.29, 0.717) is 11.5 Å². The molecule has 0 saturated heterocycles. The van der Waals surface area contributed by atoms with Crippen molar-refractivity contribution in [3.8, 4) is 0 Å². The van der Waals surface area contributed by atoms with E-state index in [1.54, 1.807) is 4.90 Å². The minimum Gasteiger partial charge on any atom is -0.311 e. The maximum Gasteiger partial charge on any atom is 0.258 e. The molecular formula is C17H19NO. The first-order valence-electron chi connectivity index (χ1n) is 6.52. The zero-order chi connectivity index (χ0) is 13.8. The van der Waals surface area contributed by atoms with Crippen molar-refractivity contribution in [3.05, 3.63) is 65.7 Å². The Labute approximate surface area is 114 Å². The Hall–Kier alpha value is -2.09. The van der Waals surface area contributed by atoms with E-state index in [1.165, 1.54) is 5.56 Å². The van der Waals surface area contributed by atoms with Crippen LogP contribution in [0.15, 0.2) is 54.6 Å². The number of carbonyl (C=O) groups excluding carboxylic acids is 1. The molecule has 0 aliphatic rings. The Morgan fingerprint density at radius 3 is 2.32 bits per heavy atom. The van der Waals surface area contributed by atoms with Gasteiger partial charge in [-0.15, -0.1) is 0 Å². The van der Waals surface area contributed by atoms with E-state index in [4.69, 9.17) is 0 Å². The molecule has 1 amide bonds. The maximum atomic E-state index is 12.4. The van der Waals surface area contributed by atoms with Gasteiger partial charge in [0.25, 0.3) is 5.91 Å². The number of hydrogen-bond donors (Lipinski definition) is 0. The molecule has 0 saturated carbocycles. The molecule has 0 heterocycles. The number of benzene rings is 2. The van der Waals surface area contributed by atoms with E-state index in [-0.39, 0.29) is 5.91 Å². The summed E-state index contributed by atoms with van der Waals surface area (Å²) in [5.41, 5.74) is 2.88. The third kappa shape index (κ3) is 3.02. The molecule has 0 radical (unpaired) electrons. The molecule has 0 atom stereocenters. The van der Waals surface area contributed by atoms with Gasteiger partial charge in [0.1, 0.15) is 0 Å². The van der Waals surface area contributed by atoms with Gasteiger partial charge in [-0.25, -0.2) is 0 Å². The average Bonchev–Trinajstić information content (AvgIpc) is 2.46. The molecule has 0 N–H and O–H groups in total. The number of rotatable bonds is 3. The van der Waals surface area contributed by atoms with Crippen LogP contribution < -0.4 is 4.90 Å². The van der Waals surface area contributed by atoms with Gasteiger partial charge in [-0.1, -0.05) is 44.2 Å². The zero-order valence-corrected chi connectivity index (χ0v) is 11.6. The molecule has 2 rings (SSSR count). The van der Waals surface area contributed by atoms with Crippen molar-refractivity contribution in [2.75, 3.05) is 11.9 Å². The van der Waals surface area contributed by atoms with Gasteiger partial charge in [-0.3, -0.25) is 4.79 Å². The minimum absolute atomic E-state index is 0.0153. The molecule has 2 nitrogen and oxygen atoms in total. The summed E-state index contributed by atoms with van der Waals surface area (Å²) in [5, 5.41) is 0. The first-order valence-corrected chi connectivity index (χ1v) is 6.52.